The van der Waals surface area contributed by atoms with Gasteiger partial charge in [-0.25, -0.2) is 4.39 Å². The Balaban J connectivity index is 0.000000442. The molecular weight excluding hydrogens is 1740 g/mol. The number of hydrogen-bond acceptors (Lipinski definition) is 21. The molecule has 2 aromatic rings. The number of allylic oxidation sites excluding steroid dienone is 26. The van der Waals surface area contributed by atoms with Gasteiger partial charge in [-0.2, -0.15) is 0 Å². The lowest BCUT2D eigenvalue weighted by Gasteiger charge is -2.34. The molecule has 0 fully saturated rings. The molecule has 20 nitrogen and oxygen atoms in total. The van der Waals surface area contributed by atoms with Crippen LogP contribution in [0.15, 0.2) is 246 Å². The molecule has 7 N–H and O–H groups in total. The lowest BCUT2D eigenvalue weighted by molar-refractivity contribution is -0.129. The van der Waals surface area contributed by atoms with Crippen LogP contribution >= 0.6 is 11.8 Å². The van der Waals surface area contributed by atoms with Crippen LogP contribution in [-0.2, 0) is 79.6 Å². The molecule has 0 heterocycles. The molecule has 0 amide bonds. The molecule has 0 spiro atoms. The number of benzene rings is 2. The highest BCUT2D eigenvalue weighted by Gasteiger charge is 2.47. The average molecular weight is 1910 g/mol. The first kappa shape index (κ1) is 121. The van der Waals surface area contributed by atoms with Gasteiger partial charge in [0, 0.05) is 65.7 Å². The van der Waals surface area contributed by atoms with Crippen molar-refractivity contribution >= 4 is 40.7 Å². The smallest absolute Gasteiger partial charge is 0.204 e. The second-order valence-corrected chi connectivity index (χ2v) is 38.1. The van der Waals surface area contributed by atoms with Gasteiger partial charge < -0.3 is 73.9 Å². The van der Waals surface area contributed by atoms with E-state index in [2.05, 4.69) is 161 Å². The van der Waals surface area contributed by atoms with Crippen molar-refractivity contribution in [3.05, 3.63) is 257 Å². The zero-order chi connectivity index (χ0) is 102. The monoisotopic (exact) mass is 1910 g/mol. The molecule has 0 saturated carbocycles. The van der Waals surface area contributed by atoms with E-state index in [9.17, 15) is 53.9 Å². The summed E-state index contributed by atoms with van der Waals surface area (Å²) in [6.45, 7) is 37.0. The van der Waals surface area contributed by atoms with Crippen LogP contribution in [0.3, 0.4) is 0 Å². The number of ketones is 5. The van der Waals surface area contributed by atoms with Crippen LogP contribution in [0.1, 0.15) is 258 Å². The van der Waals surface area contributed by atoms with E-state index in [0.29, 0.717) is 49.3 Å². The number of rotatable bonds is 46. The summed E-state index contributed by atoms with van der Waals surface area (Å²) < 4.78 is 60.1. The number of thioether (sulfide) groups is 1. The number of halogens is 1. The molecule has 2 aromatic carbocycles. The van der Waals surface area contributed by atoms with Gasteiger partial charge in [0.15, 0.2) is 28.8 Å². The molecule has 0 radical (unpaired) electrons. The van der Waals surface area contributed by atoms with Gasteiger partial charge in [0.2, 0.25) is 46.2 Å². The minimum absolute atomic E-state index is 0.0891. The normalized spacial score (nSPS) is 24.2. The van der Waals surface area contributed by atoms with Crippen molar-refractivity contribution in [2.45, 2.75) is 290 Å². The first-order chi connectivity index (χ1) is 64.7. The molecule has 22 heteroatoms. The number of methoxy groups -OCH3 is 8. The van der Waals surface area contributed by atoms with Gasteiger partial charge >= 0.3 is 0 Å². The first-order valence-electron chi connectivity index (χ1n) is 48.6. The minimum atomic E-state index is -0.871. The van der Waals surface area contributed by atoms with Gasteiger partial charge in [-0.3, -0.25) is 24.0 Å². The number of alkyl halides is 1. The van der Waals surface area contributed by atoms with Gasteiger partial charge in [-0.05, 0) is 228 Å². The van der Waals surface area contributed by atoms with Crippen molar-refractivity contribution in [2.24, 2.45) is 64.9 Å². The third kappa shape index (κ3) is 38.9. The highest BCUT2D eigenvalue weighted by Crippen LogP contribution is 2.43. The zero-order valence-electron chi connectivity index (χ0n) is 87.4. The lowest BCUT2D eigenvalue weighted by Crippen LogP contribution is -2.40. The summed E-state index contributed by atoms with van der Waals surface area (Å²) in [7, 11) is 11.6. The van der Waals surface area contributed by atoms with Crippen molar-refractivity contribution < 1.29 is 96.5 Å². The van der Waals surface area contributed by atoms with Gasteiger partial charge in [-0.15, -0.1) is 11.8 Å². The second kappa shape index (κ2) is 64.9. The number of nitrogens with two attached hydrogens (primary N) is 1. The number of ether oxygens (including phenoxy) is 9. The molecule has 15 atom stereocenters. The Bertz CT molecular complexity index is 4630. The predicted octanol–water partition coefficient (Wildman–Crippen LogP) is 23.8. The summed E-state index contributed by atoms with van der Waals surface area (Å²) in [6, 6.07) is 20.2. The summed E-state index contributed by atoms with van der Waals surface area (Å²) >= 11 is 1.36. The van der Waals surface area contributed by atoms with E-state index >= 15 is 0 Å². The fourth-order valence-corrected chi connectivity index (χ4v) is 18.1. The summed E-state index contributed by atoms with van der Waals surface area (Å²) in [5, 5.41) is 53.3. The predicted molar refractivity (Wildman–Crippen MR) is 550 cm³/mol. The third-order valence-electron chi connectivity index (χ3n) is 26.5. The van der Waals surface area contributed by atoms with Crippen molar-refractivity contribution in [1.29, 1.82) is 0 Å². The van der Waals surface area contributed by atoms with Crippen LogP contribution in [0.4, 0.5) is 4.39 Å². The molecule has 7 rings (SSSR count). The van der Waals surface area contributed by atoms with Gasteiger partial charge in [0.1, 0.15) is 49.6 Å². The maximum absolute atomic E-state index is 13.1. The minimum Gasteiger partial charge on any atom is -0.497 e. The van der Waals surface area contributed by atoms with Gasteiger partial charge in [0.05, 0.1) is 61.8 Å². The Hall–Kier alpha value is -9.13. The van der Waals surface area contributed by atoms with Crippen LogP contribution in [-0.4, -0.2) is 161 Å². The van der Waals surface area contributed by atoms with E-state index < -0.39 is 30.5 Å². The van der Waals surface area contributed by atoms with Gasteiger partial charge in [0.25, 0.3) is 0 Å². The molecule has 15 unspecified atom stereocenters. The van der Waals surface area contributed by atoms with Crippen LogP contribution in [0.5, 0.6) is 0 Å². The fraction of sp³-hybridized carbons (Fsp3) is 0.570. The van der Waals surface area contributed by atoms with Crippen LogP contribution in [0.25, 0.3) is 0 Å². The SMILES string of the molecule is CCC/C(C)=C/CC1C(C)C(=O)C(SC)=C(OC)C1O.COC1=C(OC)C(O)C(C/C=C(\C)CC/C=C(\C)CC/C=C(\C)CF)C(C)C1=O.COC1=C(OC)C(O)C(C/C=C(\C)CC/C=C(\C)CN)C(C)C1=O.COC1=C(OC)C(O)C(C/C=C(\C)CC/C=C(\C)Cc2ccccc2)C(C)C1=O.COC1=C(OCc2ccccc2)C(=O)C(C)C(C/C=C(\C)CC/C=C(\C)CCC=C(C)C)C1O. The van der Waals surface area contributed by atoms with Crippen LogP contribution in [0, 0.1) is 59.2 Å². The molecule has 758 valence electrons. The lowest BCUT2D eigenvalue weighted by atomic mass is 9.77. The summed E-state index contributed by atoms with van der Waals surface area (Å²) in [5.41, 5.74) is 21.6. The Morgan fingerprint density at radius 3 is 0.897 bits per heavy atom. The molecule has 0 aromatic heterocycles. The second-order valence-electron chi connectivity index (χ2n) is 37.3. The van der Waals surface area contributed by atoms with Crippen molar-refractivity contribution in [3.63, 3.8) is 0 Å². The Morgan fingerprint density at radius 1 is 0.338 bits per heavy atom. The molecule has 5 aliphatic rings. The quantitative estimate of drug-likeness (QED) is 0.0336. The molecule has 5 aliphatic carbocycles. The molecule has 136 heavy (non-hydrogen) atoms. The average Bonchev–Trinajstić information content (AvgIpc) is 0.821. The highest BCUT2D eigenvalue weighted by molar-refractivity contribution is 8.03. The number of aliphatic hydroxyl groups excluding tert-OH is 5. The van der Waals surface area contributed by atoms with E-state index in [-0.39, 0.29) is 147 Å². The van der Waals surface area contributed by atoms with Crippen LogP contribution < -0.4 is 5.73 Å². The number of Topliss-reactive ketones (excluding diaryl/α,β-unsaturated/α-hetero) is 5. The zero-order valence-corrected chi connectivity index (χ0v) is 88.2. The van der Waals surface area contributed by atoms with E-state index in [1.807, 2.05) is 97.2 Å². The summed E-state index contributed by atoms with van der Waals surface area (Å²) in [4.78, 5) is 63.4. The molecular formula is C114H170FNO19S. The number of carbonyl (C=O) groups excluding carboxylic acids is 5. The summed E-state index contributed by atoms with van der Waals surface area (Å²) in [5.74, 6) is -0.861. The highest BCUT2D eigenvalue weighted by atomic mass is 32.2. The first-order valence-corrected chi connectivity index (χ1v) is 49.8. The fourth-order valence-electron chi connectivity index (χ4n) is 17.3. The molecule has 0 bridgehead atoms. The third-order valence-corrected chi connectivity index (χ3v) is 27.3. The Kier molecular flexibility index (Phi) is 57.8. The number of carbonyl (C=O) groups is 5. The topological polar surface area (TPSA) is 296 Å². The van der Waals surface area contributed by atoms with Crippen molar-refractivity contribution in [2.75, 3.05) is 76.4 Å². The van der Waals surface area contributed by atoms with Crippen molar-refractivity contribution in [3.8, 4) is 0 Å². The maximum atomic E-state index is 13.1. The van der Waals surface area contributed by atoms with E-state index in [1.165, 1.54) is 130 Å². The molecule has 0 aliphatic heterocycles. The standard InChI is InChI=1S/C30H42O4.C25H34O4.C24H37FO4.C19H31NO4.C16H26O3S/c1-21(2)12-10-13-22(3)14-11-15-23(4)18-19-26-24(5)27(31)30(29(33-6)28(26)32)34-20-25-16-8-7-9-17-25;1-17(10-9-11-18(2)16-20-12-7-6-8-13-20)14-15-21-19(3)22(26)24(28-4)25(29-5)23(21)27;1-16(10-8-12-18(3)15-25)9-7-11-17(2)13-14-20-19(4)21(26)23(28-5)24(29-6)22(20)27;1-12(7-6-8-13(2)11-20)9-10-15-14(3)16(21)18(23-4)19(24-5)17(15)22;1-6-7-10(2)8-9-12-11(3)13(17)16(20-5)15(19-4)14(12)18/h7-9,12,14,16-18,24,26,28,32H,10-11,13,15,19-20H2,1-6H3;6-8,11-14,19,21,23,27H,9-10,15-16H2,1-5H3;9,12-13,19-20,22,27H,7-8,10-11,14-15H2,1-6H3;8-9,14-15,17,22H,6-7,10-11,20H2,1-5H3;8,11-12,14,18H,6-7,9H2,1-5H3/b22-14+,23-18+;17-14+,18-11+;16-9+,17-13+,18-12+;12-9+,13-8+;10-8+. The van der Waals surface area contributed by atoms with Crippen LogP contribution in [0.2, 0.25) is 0 Å². The van der Waals surface area contributed by atoms with Crippen molar-refractivity contribution in [1.82, 2.24) is 0 Å². The number of aliphatic hydroxyl groups is 5. The van der Waals surface area contributed by atoms with E-state index in [4.69, 9.17) is 48.4 Å². The summed E-state index contributed by atoms with van der Waals surface area (Å²) in [6.07, 6.45) is 39.7. The number of hydrogen-bond donors (Lipinski definition) is 6. The van der Waals surface area contributed by atoms with E-state index in [0.717, 1.165) is 107 Å². The Labute approximate surface area is 820 Å². The maximum Gasteiger partial charge on any atom is 0.204 e. The molecule has 0 saturated heterocycles. The van der Waals surface area contributed by atoms with Gasteiger partial charge in [-0.1, -0.05) is 231 Å². The largest absolute Gasteiger partial charge is 0.497 e. The van der Waals surface area contributed by atoms with E-state index in [1.54, 1.807) is 0 Å². The Morgan fingerprint density at radius 2 is 0.603 bits per heavy atom.